The van der Waals surface area contributed by atoms with Crippen LogP contribution in [0.15, 0.2) is 24.3 Å². The molecular weight excluding hydrogens is 282 g/mol. The lowest BCUT2D eigenvalue weighted by Crippen LogP contribution is -2.28. The highest BCUT2D eigenvalue weighted by molar-refractivity contribution is 5.67. The van der Waals surface area contributed by atoms with E-state index in [1.165, 1.54) is 0 Å². The van der Waals surface area contributed by atoms with Crippen LogP contribution in [-0.4, -0.2) is 49.9 Å². The van der Waals surface area contributed by atoms with Crippen molar-refractivity contribution in [2.45, 2.75) is 19.6 Å². The normalized spacial score (nSPS) is 11.8. The van der Waals surface area contributed by atoms with Crippen LogP contribution in [0.2, 0.25) is 0 Å². The molecule has 1 aromatic rings. The van der Waals surface area contributed by atoms with Crippen LogP contribution in [0.25, 0.3) is 0 Å². The van der Waals surface area contributed by atoms with Gasteiger partial charge < -0.3 is 14.6 Å². The maximum atomic E-state index is 10.4. The average Bonchev–Trinajstić information content (AvgIpc) is 2.51. The summed E-state index contributed by atoms with van der Waals surface area (Å²) in [5.74, 6) is 4.98. The first-order valence-corrected chi connectivity index (χ1v) is 7.05. The minimum Gasteiger partial charge on any atom is -0.480 e. The molecular formula is C17H23NO4. The number of hydrogen-bond donors (Lipinski definition) is 1. The smallest absolute Gasteiger partial charge is 0.329 e. The van der Waals surface area contributed by atoms with Crippen molar-refractivity contribution in [3.05, 3.63) is 35.4 Å². The number of benzene rings is 1. The Hall–Kier alpha value is -1.87. The second-order valence-electron chi connectivity index (χ2n) is 4.94. The van der Waals surface area contributed by atoms with Gasteiger partial charge in [-0.15, -0.1) is 5.92 Å². The van der Waals surface area contributed by atoms with Gasteiger partial charge in [-0.2, -0.15) is 0 Å². The van der Waals surface area contributed by atoms with Gasteiger partial charge in [0, 0.05) is 7.11 Å². The third-order valence-electron chi connectivity index (χ3n) is 3.22. The van der Waals surface area contributed by atoms with Crippen LogP contribution < -0.4 is 0 Å². The van der Waals surface area contributed by atoms with E-state index in [4.69, 9.17) is 14.6 Å². The van der Waals surface area contributed by atoms with Crippen LogP contribution in [0.4, 0.5) is 0 Å². The highest BCUT2D eigenvalue weighted by Crippen LogP contribution is 2.20. The van der Waals surface area contributed by atoms with E-state index >= 15 is 0 Å². The predicted molar refractivity (Wildman–Crippen MR) is 84.4 cm³/mol. The first-order valence-electron chi connectivity index (χ1n) is 7.05. The Morgan fingerprint density at radius 3 is 2.59 bits per heavy atom. The van der Waals surface area contributed by atoms with Gasteiger partial charge in [0.15, 0.2) is 0 Å². The van der Waals surface area contributed by atoms with Crippen molar-refractivity contribution >= 4 is 5.97 Å². The maximum Gasteiger partial charge on any atom is 0.329 e. The molecule has 0 amide bonds. The van der Waals surface area contributed by atoms with Crippen LogP contribution in [0.1, 0.15) is 24.1 Å². The summed E-state index contributed by atoms with van der Waals surface area (Å²) in [5.41, 5.74) is 2.07. The molecule has 0 radical (unpaired) electrons. The highest BCUT2D eigenvalue weighted by Gasteiger charge is 2.16. The van der Waals surface area contributed by atoms with Crippen molar-refractivity contribution in [3.8, 4) is 11.8 Å². The first-order chi connectivity index (χ1) is 10.6. The minimum atomic E-state index is -0.963. The number of carbonyl (C=O) groups is 1. The molecule has 1 unspecified atom stereocenters. The van der Waals surface area contributed by atoms with Gasteiger partial charge in [-0.1, -0.05) is 30.2 Å². The van der Waals surface area contributed by atoms with Gasteiger partial charge in [-0.3, -0.25) is 4.90 Å². The van der Waals surface area contributed by atoms with E-state index in [0.29, 0.717) is 19.8 Å². The summed E-state index contributed by atoms with van der Waals surface area (Å²) >= 11 is 0. The van der Waals surface area contributed by atoms with Gasteiger partial charge >= 0.3 is 5.97 Å². The second-order valence-corrected chi connectivity index (χ2v) is 4.94. The summed E-state index contributed by atoms with van der Waals surface area (Å²) in [6.07, 6.45) is 0. The molecule has 5 nitrogen and oxygen atoms in total. The average molecular weight is 305 g/mol. The van der Waals surface area contributed by atoms with E-state index in [1.807, 2.05) is 38.2 Å². The number of rotatable bonds is 9. The molecule has 1 aromatic carbocycles. The molecule has 0 aliphatic heterocycles. The fraction of sp³-hybridized carbons (Fsp3) is 0.471. The minimum absolute atomic E-state index is 0.125. The molecule has 0 heterocycles. The summed E-state index contributed by atoms with van der Waals surface area (Å²) in [5, 5.41) is 8.54. The van der Waals surface area contributed by atoms with E-state index in [2.05, 4.69) is 16.7 Å². The molecule has 1 atom stereocenters. The van der Waals surface area contributed by atoms with Gasteiger partial charge in [0.05, 0.1) is 25.8 Å². The van der Waals surface area contributed by atoms with Gasteiger partial charge in [-0.25, -0.2) is 4.79 Å². The quantitative estimate of drug-likeness (QED) is 0.707. The van der Waals surface area contributed by atoms with Crippen LogP contribution in [-0.2, 0) is 20.9 Å². The van der Waals surface area contributed by atoms with Gasteiger partial charge in [0.2, 0.25) is 0 Å². The first kappa shape index (κ1) is 18.2. The molecule has 0 saturated carbocycles. The van der Waals surface area contributed by atoms with E-state index in [1.54, 1.807) is 7.11 Å². The van der Waals surface area contributed by atoms with Gasteiger partial charge in [0.1, 0.15) is 6.61 Å². The van der Waals surface area contributed by atoms with Crippen molar-refractivity contribution in [2.75, 3.05) is 33.9 Å². The van der Waals surface area contributed by atoms with Crippen LogP contribution in [0, 0.1) is 11.8 Å². The zero-order valence-corrected chi connectivity index (χ0v) is 13.3. The lowest BCUT2D eigenvalue weighted by atomic mass is 10.0. The molecule has 0 fully saturated rings. The van der Waals surface area contributed by atoms with Crippen molar-refractivity contribution in [2.24, 2.45) is 0 Å². The van der Waals surface area contributed by atoms with E-state index < -0.39 is 5.97 Å². The summed E-state index contributed by atoms with van der Waals surface area (Å²) in [6.45, 7) is 3.08. The third kappa shape index (κ3) is 6.27. The number of carboxylic acid groups (broad SMARTS) is 1. The Labute approximate surface area is 131 Å². The van der Waals surface area contributed by atoms with Crippen LogP contribution in [0.3, 0.4) is 0 Å². The molecule has 1 rings (SSSR count). The second kappa shape index (κ2) is 9.96. The fourth-order valence-corrected chi connectivity index (χ4v) is 2.04. The number of nitrogens with zero attached hydrogens (tertiary/aromatic N) is 1. The number of carboxylic acids is 1. The highest BCUT2D eigenvalue weighted by atomic mass is 16.5. The molecule has 22 heavy (non-hydrogen) atoms. The van der Waals surface area contributed by atoms with Crippen LogP contribution in [0.5, 0.6) is 0 Å². The van der Waals surface area contributed by atoms with E-state index in [-0.39, 0.29) is 12.6 Å². The molecule has 0 aliphatic rings. The van der Waals surface area contributed by atoms with E-state index in [0.717, 1.165) is 11.1 Å². The molecule has 0 aliphatic carbocycles. The van der Waals surface area contributed by atoms with Crippen LogP contribution >= 0.6 is 0 Å². The van der Waals surface area contributed by atoms with Gasteiger partial charge in [0.25, 0.3) is 0 Å². The number of methoxy groups -OCH3 is 1. The Kier molecular flexibility index (Phi) is 8.23. The zero-order valence-electron chi connectivity index (χ0n) is 13.3. The maximum absolute atomic E-state index is 10.4. The Balaban J connectivity index is 2.70. The largest absolute Gasteiger partial charge is 0.480 e. The molecule has 1 N–H and O–H groups in total. The number of likely N-dealkylation sites (N-methyl/N-ethyl adjacent to an activating group) is 1. The monoisotopic (exact) mass is 305 g/mol. The summed E-state index contributed by atoms with van der Waals surface area (Å²) in [4.78, 5) is 12.5. The topological polar surface area (TPSA) is 59.0 Å². The van der Waals surface area contributed by atoms with E-state index in [9.17, 15) is 4.79 Å². The number of ether oxygens (including phenoxy) is 2. The summed E-state index contributed by atoms with van der Waals surface area (Å²) in [7, 11) is 3.69. The lowest BCUT2D eigenvalue weighted by molar-refractivity contribution is -0.142. The number of hydrogen-bond acceptors (Lipinski definition) is 4. The Morgan fingerprint density at radius 1 is 1.36 bits per heavy atom. The molecule has 120 valence electrons. The predicted octanol–water partition coefficient (Wildman–Crippen LogP) is 1.93. The summed E-state index contributed by atoms with van der Waals surface area (Å²) < 4.78 is 10.4. The van der Waals surface area contributed by atoms with Crippen molar-refractivity contribution < 1.29 is 19.4 Å². The molecule has 0 spiro atoms. The van der Waals surface area contributed by atoms with Crippen molar-refractivity contribution in [1.82, 2.24) is 4.90 Å². The Bertz CT molecular complexity index is 516. The molecule has 0 aromatic heterocycles. The zero-order chi connectivity index (χ0) is 16.4. The SMILES string of the molecule is CC#CCN(C)C(COC)c1ccc(COCC(=O)O)cc1. The molecule has 5 heteroatoms. The molecule has 0 bridgehead atoms. The summed E-state index contributed by atoms with van der Waals surface area (Å²) in [6, 6.07) is 8.04. The Morgan fingerprint density at radius 2 is 2.05 bits per heavy atom. The fourth-order valence-electron chi connectivity index (χ4n) is 2.04. The molecule has 0 saturated heterocycles. The third-order valence-corrected chi connectivity index (χ3v) is 3.22. The lowest BCUT2D eigenvalue weighted by Gasteiger charge is -2.26. The van der Waals surface area contributed by atoms with Crippen molar-refractivity contribution in [3.63, 3.8) is 0 Å². The number of aliphatic carboxylic acids is 1. The van der Waals surface area contributed by atoms with Gasteiger partial charge in [-0.05, 0) is 25.1 Å². The van der Waals surface area contributed by atoms with Crippen molar-refractivity contribution in [1.29, 1.82) is 0 Å². The standard InChI is InChI=1S/C17H23NO4/c1-4-5-10-18(2)16(12-21-3)15-8-6-14(7-9-15)11-22-13-17(19)20/h6-9,16H,10-13H2,1-3H3,(H,19,20).